The van der Waals surface area contributed by atoms with Gasteiger partial charge in [-0.05, 0) is 31.5 Å². The van der Waals surface area contributed by atoms with Crippen molar-refractivity contribution in [3.63, 3.8) is 0 Å². The molecule has 0 saturated carbocycles. The molecule has 106 valence electrons. The van der Waals surface area contributed by atoms with Crippen LogP contribution in [0, 0.1) is 0 Å². The highest BCUT2D eigenvalue weighted by Gasteiger charge is 2.17. The fourth-order valence-corrected chi connectivity index (χ4v) is 2.30. The molecule has 1 aliphatic rings. The fraction of sp³-hybridized carbons (Fsp3) is 0.429. The lowest BCUT2D eigenvalue weighted by Crippen LogP contribution is -2.23. The Hall–Kier alpha value is -2.08. The van der Waals surface area contributed by atoms with Crippen molar-refractivity contribution in [3.05, 3.63) is 35.9 Å². The Morgan fingerprint density at radius 3 is 2.70 bits per heavy atom. The van der Waals surface area contributed by atoms with E-state index < -0.39 is 0 Å². The standard InChI is InChI=1S/C14H18N4O2/c1-9(17-10(2)14-15-8-16-18-14)11-3-4-12-13(7-11)20-6-5-19-12/h3-4,7-10,17H,5-6H2,1-2H3,(H,15,16,18). The molecule has 2 aromatic rings. The number of nitrogens with zero attached hydrogens (tertiary/aromatic N) is 2. The van der Waals surface area contributed by atoms with Gasteiger partial charge in [0.15, 0.2) is 11.5 Å². The zero-order valence-electron chi connectivity index (χ0n) is 11.6. The van der Waals surface area contributed by atoms with Gasteiger partial charge in [0.25, 0.3) is 0 Å². The van der Waals surface area contributed by atoms with Crippen LogP contribution in [0.2, 0.25) is 0 Å². The Morgan fingerprint density at radius 1 is 1.15 bits per heavy atom. The predicted molar refractivity (Wildman–Crippen MR) is 73.8 cm³/mol. The monoisotopic (exact) mass is 274 g/mol. The lowest BCUT2D eigenvalue weighted by molar-refractivity contribution is 0.171. The summed E-state index contributed by atoms with van der Waals surface area (Å²) < 4.78 is 11.1. The highest BCUT2D eigenvalue weighted by atomic mass is 16.6. The lowest BCUT2D eigenvalue weighted by Gasteiger charge is -2.22. The second-order valence-electron chi connectivity index (χ2n) is 4.88. The number of nitrogens with one attached hydrogen (secondary N) is 2. The Morgan fingerprint density at radius 2 is 1.95 bits per heavy atom. The minimum atomic E-state index is 0.0979. The number of aromatic amines is 1. The molecule has 2 unspecified atom stereocenters. The summed E-state index contributed by atoms with van der Waals surface area (Å²) in [6.45, 7) is 5.38. The number of fused-ring (bicyclic) bond motifs is 1. The number of hydrogen-bond acceptors (Lipinski definition) is 5. The number of aromatic nitrogens is 3. The van der Waals surface area contributed by atoms with Crippen LogP contribution in [0.5, 0.6) is 11.5 Å². The summed E-state index contributed by atoms with van der Waals surface area (Å²) in [6, 6.07) is 6.31. The molecule has 20 heavy (non-hydrogen) atoms. The van der Waals surface area contributed by atoms with Crippen molar-refractivity contribution in [1.29, 1.82) is 0 Å². The van der Waals surface area contributed by atoms with Crippen molar-refractivity contribution < 1.29 is 9.47 Å². The maximum atomic E-state index is 5.61. The zero-order valence-corrected chi connectivity index (χ0v) is 11.6. The van der Waals surface area contributed by atoms with Crippen molar-refractivity contribution in [2.24, 2.45) is 0 Å². The Kier molecular flexibility index (Phi) is 3.56. The van der Waals surface area contributed by atoms with Crippen LogP contribution in [0.25, 0.3) is 0 Å². The summed E-state index contributed by atoms with van der Waals surface area (Å²) in [5.41, 5.74) is 1.15. The molecule has 2 heterocycles. The molecule has 1 aromatic carbocycles. The summed E-state index contributed by atoms with van der Waals surface area (Å²) in [5.74, 6) is 2.46. The van der Waals surface area contributed by atoms with Crippen LogP contribution < -0.4 is 14.8 Å². The topological polar surface area (TPSA) is 72.1 Å². The van der Waals surface area contributed by atoms with Crippen molar-refractivity contribution in [1.82, 2.24) is 20.5 Å². The first-order valence-electron chi connectivity index (χ1n) is 6.75. The first kappa shape index (κ1) is 12.9. The van der Waals surface area contributed by atoms with E-state index in [0.29, 0.717) is 13.2 Å². The third-order valence-electron chi connectivity index (χ3n) is 3.41. The highest BCUT2D eigenvalue weighted by Crippen LogP contribution is 2.32. The number of ether oxygens (including phenoxy) is 2. The minimum Gasteiger partial charge on any atom is -0.486 e. The predicted octanol–water partition coefficient (Wildman–Crippen LogP) is 1.99. The van der Waals surface area contributed by atoms with Gasteiger partial charge in [0.2, 0.25) is 0 Å². The number of benzene rings is 1. The highest BCUT2D eigenvalue weighted by molar-refractivity contribution is 5.44. The van der Waals surface area contributed by atoms with Gasteiger partial charge in [-0.25, -0.2) is 4.98 Å². The maximum absolute atomic E-state index is 5.61. The fourth-order valence-electron chi connectivity index (χ4n) is 2.30. The van der Waals surface area contributed by atoms with Crippen molar-refractivity contribution in [2.75, 3.05) is 13.2 Å². The minimum absolute atomic E-state index is 0.0979. The SMILES string of the molecule is CC(NC(C)c1ncn[nH]1)c1ccc2c(c1)OCCO2. The third kappa shape index (κ3) is 2.60. The van der Waals surface area contributed by atoms with Gasteiger partial charge in [-0.3, -0.25) is 5.10 Å². The van der Waals surface area contributed by atoms with E-state index in [9.17, 15) is 0 Å². The van der Waals surface area contributed by atoms with Crippen LogP contribution in [-0.2, 0) is 0 Å². The second kappa shape index (κ2) is 5.50. The van der Waals surface area contributed by atoms with Gasteiger partial charge < -0.3 is 14.8 Å². The van der Waals surface area contributed by atoms with Gasteiger partial charge >= 0.3 is 0 Å². The normalized spacial score (nSPS) is 16.7. The van der Waals surface area contributed by atoms with Gasteiger partial charge in [-0.2, -0.15) is 5.10 Å². The van der Waals surface area contributed by atoms with E-state index in [2.05, 4.69) is 40.4 Å². The Balaban J connectivity index is 1.72. The van der Waals surface area contributed by atoms with Gasteiger partial charge in [-0.15, -0.1) is 0 Å². The summed E-state index contributed by atoms with van der Waals surface area (Å²) in [5, 5.41) is 10.2. The molecular formula is C14H18N4O2. The first-order valence-corrected chi connectivity index (χ1v) is 6.75. The summed E-state index contributed by atoms with van der Waals surface area (Å²) in [6.07, 6.45) is 1.52. The van der Waals surface area contributed by atoms with E-state index in [4.69, 9.17) is 9.47 Å². The molecule has 0 amide bonds. The van der Waals surface area contributed by atoms with E-state index in [-0.39, 0.29) is 12.1 Å². The van der Waals surface area contributed by atoms with Gasteiger partial charge in [0, 0.05) is 6.04 Å². The van der Waals surface area contributed by atoms with E-state index >= 15 is 0 Å². The Labute approximate surface area is 117 Å². The molecule has 0 radical (unpaired) electrons. The number of hydrogen-bond donors (Lipinski definition) is 2. The van der Waals surface area contributed by atoms with Gasteiger partial charge in [0.1, 0.15) is 25.4 Å². The number of rotatable bonds is 4. The van der Waals surface area contributed by atoms with Crippen LogP contribution >= 0.6 is 0 Å². The van der Waals surface area contributed by atoms with Crippen molar-refractivity contribution >= 4 is 0 Å². The third-order valence-corrected chi connectivity index (χ3v) is 3.41. The number of H-pyrrole nitrogens is 1. The van der Waals surface area contributed by atoms with E-state index in [1.54, 1.807) is 0 Å². The molecule has 6 heteroatoms. The smallest absolute Gasteiger partial charge is 0.161 e. The van der Waals surface area contributed by atoms with Crippen LogP contribution in [-0.4, -0.2) is 28.4 Å². The molecule has 2 atom stereocenters. The van der Waals surface area contributed by atoms with E-state index in [1.165, 1.54) is 6.33 Å². The molecule has 1 aromatic heterocycles. The molecule has 3 rings (SSSR count). The molecule has 1 aliphatic heterocycles. The molecular weight excluding hydrogens is 256 g/mol. The van der Waals surface area contributed by atoms with Crippen LogP contribution in [0.4, 0.5) is 0 Å². The van der Waals surface area contributed by atoms with Crippen LogP contribution in [0.1, 0.15) is 37.3 Å². The summed E-state index contributed by atoms with van der Waals surface area (Å²) >= 11 is 0. The largest absolute Gasteiger partial charge is 0.486 e. The summed E-state index contributed by atoms with van der Waals surface area (Å²) in [7, 11) is 0. The van der Waals surface area contributed by atoms with E-state index in [1.807, 2.05) is 12.1 Å². The zero-order chi connectivity index (χ0) is 13.9. The molecule has 6 nitrogen and oxygen atoms in total. The maximum Gasteiger partial charge on any atom is 0.161 e. The quantitative estimate of drug-likeness (QED) is 0.892. The van der Waals surface area contributed by atoms with Crippen molar-refractivity contribution in [3.8, 4) is 11.5 Å². The lowest BCUT2D eigenvalue weighted by atomic mass is 10.1. The molecule has 0 spiro atoms. The second-order valence-corrected chi connectivity index (χ2v) is 4.88. The van der Waals surface area contributed by atoms with Crippen molar-refractivity contribution in [2.45, 2.75) is 25.9 Å². The Bertz CT molecular complexity index is 571. The first-order chi connectivity index (χ1) is 9.74. The van der Waals surface area contributed by atoms with Crippen LogP contribution in [0.3, 0.4) is 0 Å². The average molecular weight is 274 g/mol. The summed E-state index contributed by atoms with van der Waals surface area (Å²) in [4.78, 5) is 4.16. The molecule has 0 aliphatic carbocycles. The van der Waals surface area contributed by atoms with Gasteiger partial charge in [-0.1, -0.05) is 6.07 Å². The molecule has 0 bridgehead atoms. The molecule has 0 fully saturated rings. The van der Waals surface area contributed by atoms with Gasteiger partial charge in [0.05, 0.1) is 6.04 Å². The average Bonchev–Trinajstić information content (AvgIpc) is 3.01. The van der Waals surface area contributed by atoms with Crippen LogP contribution in [0.15, 0.2) is 24.5 Å². The molecule has 0 saturated heterocycles. The van der Waals surface area contributed by atoms with E-state index in [0.717, 1.165) is 22.9 Å². The molecule has 2 N–H and O–H groups in total.